The first kappa shape index (κ1) is 14.0. The Balaban J connectivity index is 2.20. The molecule has 0 amide bonds. The van der Waals surface area contributed by atoms with Gasteiger partial charge in [0.15, 0.2) is 0 Å². The van der Waals surface area contributed by atoms with Gasteiger partial charge < -0.3 is 10.5 Å². The number of rotatable bonds is 4. The summed E-state index contributed by atoms with van der Waals surface area (Å²) in [7, 11) is 1.38. The molecule has 6 heteroatoms. The Morgan fingerprint density at radius 2 is 2.20 bits per heavy atom. The van der Waals surface area contributed by atoms with E-state index in [1.54, 1.807) is 16.9 Å². The maximum atomic E-state index is 11.7. The van der Waals surface area contributed by atoms with Crippen LogP contribution in [0.4, 0.5) is 5.82 Å². The SMILES string of the molecule is COC(=O)C(C)(C)Cn1cc(-c2cccc(N)n2)cn1. The maximum Gasteiger partial charge on any atom is 0.313 e. The normalized spacial score (nSPS) is 11.3. The highest BCUT2D eigenvalue weighted by Gasteiger charge is 2.29. The summed E-state index contributed by atoms with van der Waals surface area (Å²) in [5.74, 6) is 0.196. The lowest BCUT2D eigenvalue weighted by Gasteiger charge is -2.20. The summed E-state index contributed by atoms with van der Waals surface area (Å²) in [6, 6.07) is 5.44. The third-order valence-electron chi connectivity index (χ3n) is 2.99. The van der Waals surface area contributed by atoms with Gasteiger partial charge in [-0.1, -0.05) is 6.07 Å². The monoisotopic (exact) mass is 274 g/mol. The molecule has 0 aromatic carbocycles. The number of nitrogens with two attached hydrogens (primary N) is 1. The summed E-state index contributed by atoms with van der Waals surface area (Å²) >= 11 is 0. The van der Waals surface area contributed by atoms with E-state index in [4.69, 9.17) is 10.5 Å². The lowest BCUT2D eigenvalue weighted by molar-refractivity contribution is -0.151. The number of carbonyl (C=O) groups excluding carboxylic acids is 1. The predicted molar refractivity (Wildman–Crippen MR) is 75.7 cm³/mol. The van der Waals surface area contributed by atoms with Crippen LogP contribution in [-0.2, 0) is 16.1 Å². The van der Waals surface area contributed by atoms with Crippen molar-refractivity contribution in [2.75, 3.05) is 12.8 Å². The van der Waals surface area contributed by atoms with Gasteiger partial charge >= 0.3 is 5.97 Å². The van der Waals surface area contributed by atoms with Gasteiger partial charge in [-0.15, -0.1) is 0 Å². The minimum Gasteiger partial charge on any atom is -0.469 e. The van der Waals surface area contributed by atoms with Crippen LogP contribution in [0.15, 0.2) is 30.6 Å². The Kier molecular flexibility index (Phi) is 3.74. The molecule has 2 aromatic heterocycles. The van der Waals surface area contributed by atoms with Crippen molar-refractivity contribution < 1.29 is 9.53 Å². The third-order valence-corrected chi connectivity index (χ3v) is 2.99. The van der Waals surface area contributed by atoms with Gasteiger partial charge in [0.2, 0.25) is 0 Å². The molecule has 0 saturated carbocycles. The highest BCUT2D eigenvalue weighted by molar-refractivity contribution is 5.75. The molecule has 0 bridgehead atoms. The van der Waals surface area contributed by atoms with Crippen molar-refractivity contribution >= 4 is 11.8 Å². The molecule has 0 spiro atoms. The van der Waals surface area contributed by atoms with Gasteiger partial charge in [0.1, 0.15) is 5.82 Å². The zero-order valence-electron chi connectivity index (χ0n) is 11.8. The van der Waals surface area contributed by atoms with Gasteiger partial charge in [-0.2, -0.15) is 5.10 Å². The van der Waals surface area contributed by atoms with E-state index in [0.717, 1.165) is 11.3 Å². The Morgan fingerprint density at radius 3 is 2.85 bits per heavy atom. The molecule has 6 nitrogen and oxygen atoms in total. The van der Waals surface area contributed by atoms with Gasteiger partial charge in [-0.05, 0) is 26.0 Å². The second kappa shape index (κ2) is 5.32. The highest BCUT2D eigenvalue weighted by Crippen LogP contribution is 2.22. The molecule has 20 heavy (non-hydrogen) atoms. The molecular formula is C14H18N4O2. The maximum absolute atomic E-state index is 11.7. The minimum absolute atomic E-state index is 0.267. The molecular weight excluding hydrogens is 256 g/mol. The molecule has 0 fully saturated rings. The summed E-state index contributed by atoms with van der Waals surface area (Å²) in [5.41, 5.74) is 6.64. The largest absolute Gasteiger partial charge is 0.469 e. The Morgan fingerprint density at radius 1 is 1.45 bits per heavy atom. The van der Waals surface area contributed by atoms with Gasteiger partial charge in [-0.3, -0.25) is 9.48 Å². The van der Waals surface area contributed by atoms with Gasteiger partial charge in [0.05, 0.1) is 31.0 Å². The number of carbonyl (C=O) groups is 1. The molecule has 0 aliphatic carbocycles. The molecule has 0 aliphatic rings. The van der Waals surface area contributed by atoms with E-state index in [0.29, 0.717) is 12.4 Å². The fourth-order valence-electron chi connectivity index (χ4n) is 1.94. The highest BCUT2D eigenvalue weighted by atomic mass is 16.5. The van der Waals surface area contributed by atoms with E-state index in [1.807, 2.05) is 32.2 Å². The molecule has 2 aromatic rings. The topological polar surface area (TPSA) is 83.0 Å². The number of nitrogens with zero attached hydrogens (tertiary/aromatic N) is 3. The fraction of sp³-hybridized carbons (Fsp3) is 0.357. The zero-order valence-corrected chi connectivity index (χ0v) is 11.8. The number of aromatic nitrogens is 3. The zero-order chi connectivity index (χ0) is 14.8. The van der Waals surface area contributed by atoms with Crippen LogP contribution in [0.25, 0.3) is 11.3 Å². The van der Waals surface area contributed by atoms with Crippen LogP contribution in [0.5, 0.6) is 0 Å². The van der Waals surface area contributed by atoms with Crippen molar-refractivity contribution in [2.24, 2.45) is 5.41 Å². The fourth-order valence-corrected chi connectivity index (χ4v) is 1.94. The lowest BCUT2D eigenvalue weighted by atomic mass is 9.94. The molecule has 2 N–H and O–H groups in total. The van der Waals surface area contributed by atoms with Crippen molar-refractivity contribution in [1.82, 2.24) is 14.8 Å². The number of nitrogen functional groups attached to an aromatic ring is 1. The third kappa shape index (κ3) is 2.96. The standard InChI is InChI=1S/C14H18N4O2/c1-14(2,13(19)20-3)9-18-8-10(7-16-18)11-5-4-6-12(15)17-11/h4-8H,9H2,1-3H3,(H2,15,17). The Bertz CT molecular complexity index is 619. The van der Waals surface area contributed by atoms with E-state index in [-0.39, 0.29) is 5.97 Å². The molecule has 0 radical (unpaired) electrons. The average Bonchev–Trinajstić information content (AvgIpc) is 2.85. The molecule has 0 aliphatic heterocycles. The van der Waals surface area contributed by atoms with Gasteiger partial charge in [0, 0.05) is 11.8 Å². The van der Waals surface area contributed by atoms with E-state index in [9.17, 15) is 4.79 Å². The first-order valence-electron chi connectivity index (χ1n) is 6.26. The van der Waals surface area contributed by atoms with Crippen LogP contribution in [0.2, 0.25) is 0 Å². The summed E-state index contributed by atoms with van der Waals surface area (Å²) in [6.45, 7) is 4.07. The first-order chi connectivity index (χ1) is 9.42. The van der Waals surface area contributed by atoms with Crippen molar-refractivity contribution in [3.05, 3.63) is 30.6 Å². The Labute approximate surface area is 117 Å². The van der Waals surface area contributed by atoms with Crippen LogP contribution < -0.4 is 5.73 Å². The number of pyridine rings is 1. The van der Waals surface area contributed by atoms with Crippen LogP contribution in [0.3, 0.4) is 0 Å². The molecule has 0 saturated heterocycles. The predicted octanol–water partition coefficient (Wildman–Crippen LogP) is 1.73. The Hall–Kier alpha value is -2.37. The second-order valence-electron chi connectivity index (χ2n) is 5.25. The molecule has 2 rings (SSSR count). The van der Waals surface area contributed by atoms with Crippen LogP contribution in [0, 0.1) is 5.41 Å². The number of anilines is 1. The number of esters is 1. The summed E-state index contributed by atoms with van der Waals surface area (Å²) in [5, 5.41) is 4.25. The van der Waals surface area contributed by atoms with E-state index in [1.165, 1.54) is 7.11 Å². The molecule has 106 valence electrons. The van der Waals surface area contributed by atoms with E-state index < -0.39 is 5.41 Å². The van der Waals surface area contributed by atoms with E-state index in [2.05, 4.69) is 10.1 Å². The number of hydrogen-bond acceptors (Lipinski definition) is 5. The van der Waals surface area contributed by atoms with Gasteiger partial charge in [-0.25, -0.2) is 4.98 Å². The van der Waals surface area contributed by atoms with Crippen molar-refractivity contribution in [1.29, 1.82) is 0 Å². The van der Waals surface area contributed by atoms with Crippen molar-refractivity contribution in [3.8, 4) is 11.3 Å². The minimum atomic E-state index is -0.638. The van der Waals surface area contributed by atoms with Gasteiger partial charge in [0.25, 0.3) is 0 Å². The first-order valence-corrected chi connectivity index (χ1v) is 6.26. The summed E-state index contributed by atoms with van der Waals surface area (Å²) < 4.78 is 6.49. The summed E-state index contributed by atoms with van der Waals surface area (Å²) in [6.07, 6.45) is 3.54. The number of methoxy groups -OCH3 is 1. The number of ether oxygens (including phenoxy) is 1. The molecule has 0 unspecified atom stereocenters. The summed E-state index contributed by atoms with van der Waals surface area (Å²) in [4.78, 5) is 15.9. The van der Waals surface area contributed by atoms with Crippen molar-refractivity contribution in [3.63, 3.8) is 0 Å². The second-order valence-corrected chi connectivity index (χ2v) is 5.25. The van der Waals surface area contributed by atoms with E-state index >= 15 is 0 Å². The lowest BCUT2D eigenvalue weighted by Crippen LogP contribution is -2.30. The van der Waals surface area contributed by atoms with Crippen LogP contribution in [-0.4, -0.2) is 27.8 Å². The molecule has 2 heterocycles. The quantitative estimate of drug-likeness (QED) is 0.858. The smallest absolute Gasteiger partial charge is 0.313 e. The average molecular weight is 274 g/mol. The van der Waals surface area contributed by atoms with Crippen LogP contribution in [0.1, 0.15) is 13.8 Å². The van der Waals surface area contributed by atoms with Crippen LogP contribution >= 0.6 is 0 Å². The van der Waals surface area contributed by atoms with Crippen molar-refractivity contribution in [2.45, 2.75) is 20.4 Å². The molecule has 0 atom stereocenters. The number of hydrogen-bond donors (Lipinski definition) is 1.